The summed E-state index contributed by atoms with van der Waals surface area (Å²) in [7, 11) is -2.17. The minimum absolute atomic E-state index is 0. The molecular weight excluding hydrogens is 321 g/mol. The fourth-order valence-electron chi connectivity index (χ4n) is 0. The summed E-state index contributed by atoms with van der Waals surface area (Å²) in [5.41, 5.74) is 0. The van der Waals surface area contributed by atoms with Crippen LogP contribution in [0.3, 0.4) is 0 Å². The van der Waals surface area contributed by atoms with Crippen LogP contribution in [0.25, 0.3) is 0 Å². The monoisotopic (exact) mass is 321 g/mol. The third-order valence-electron chi connectivity index (χ3n) is 0. The summed E-state index contributed by atoms with van der Waals surface area (Å²) < 4.78 is 16.7. The Hall–Kier alpha value is 0.808. The third-order valence-corrected chi connectivity index (χ3v) is 0. The van der Waals surface area contributed by atoms with E-state index in [1.54, 1.807) is 0 Å². The summed E-state index contributed by atoms with van der Waals surface area (Å²) in [6.45, 7) is 0. The van der Waals surface area contributed by atoms with Gasteiger partial charge in [0.15, 0.2) is 0 Å². The van der Waals surface area contributed by atoms with Gasteiger partial charge in [0.05, 0.1) is 17.4 Å². The fraction of sp³-hybridized carbons (Fsp3) is 0. The van der Waals surface area contributed by atoms with Crippen LogP contribution < -0.4 is 9.79 Å². The Morgan fingerprint density at radius 2 is 1.00 bits per heavy atom. The molecule has 0 aromatic rings. The van der Waals surface area contributed by atoms with E-state index in [1.807, 2.05) is 0 Å². The van der Waals surface area contributed by atoms with Crippen LogP contribution >= 0.6 is 17.4 Å². The van der Waals surface area contributed by atoms with E-state index >= 15 is 0 Å². The van der Waals surface area contributed by atoms with Gasteiger partial charge in [-0.3, -0.25) is 9.13 Å². The van der Waals surface area contributed by atoms with E-state index in [2.05, 4.69) is 0 Å². The van der Waals surface area contributed by atoms with Crippen LogP contribution in [0, 0.1) is 0 Å². The molecule has 0 heterocycles. The van der Waals surface area contributed by atoms with Crippen molar-refractivity contribution >= 4 is 17.4 Å². The van der Waals surface area contributed by atoms with Gasteiger partial charge in [-0.2, -0.15) is 0 Å². The molecule has 0 unspecified atom stereocenters. The molecule has 0 bridgehead atoms. The molecule has 0 aromatic heterocycles. The minimum atomic E-state index is -1.08. The zero-order valence-corrected chi connectivity index (χ0v) is 6.90. The van der Waals surface area contributed by atoms with Gasteiger partial charge in [-0.1, -0.05) is 0 Å². The Balaban J connectivity index is -0.0000000400. The number of hydrogen-bond donors (Lipinski definition) is 0. The van der Waals surface area contributed by atoms with Gasteiger partial charge in [0.1, 0.15) is 0 Å². The van der Waals surface area contributed by atoms with Crippen LogP contribution in [-0.4, -0.2) is 0 Å². The summed E-state index contributed by atoms with van der Waals surface area (Å²) in [6, 6.07) is 0. The van der Waals surface area contributed by atoms with Crippen molar-refractivity contribution in [2.75, 3.05) is 0 Å². The molecule has 0 aliphatic heterocycles. The second kappa shape index (κ2) is 29.1. The molecule has 7 heteroatoms. The van der Waals surface area contributed by atoms with Crippen LogP contribution in [0.2, 0.25) is 0 Å². The first kappa shape index (κ1) is 15.7. The summed E-state index contributed by atoms with van der Waals surface area (Å²) in [6.07, 6.45) is 0. The zero-order valence-electron chi connectivity index (χ0n) is 2.84. The van der Waals surface area contributed by atoms with Gasteiger partial charge in [0.25, 0.3) is 0 Å². The number of rotatable bonds is 0. The normalized spacial score (nSPS) is 6.00. The van der Waals surface area contributed by atoms with E-state index in [4.69, 9.17) is 18.9 Å². The van der Waals surface area contributed by atoms with Gasteiger partial charge in [0.2, 0.25) is 0 Å². The van der Waals surface area contributed by atoms with Crippen molar-refractivity contribution in [3.05, 3.63) is 0 Å². The van der Waals surface area contributed by atoms with E-state index < -0.39 is 17.4 Å². The molecule has 7 heavy (non-hydrogen) atoms. The summed E-state index contributed by atoms with van der Waals surface area (Å²) in [4.78, 5) is 16.7. The smallest absolute Gasteiger partial charge is 0.772 e. The summed E-state index contributed by atoms with van der Waals surface area (Å²) >= 11 is 0. The molecule has 0 amide bonds. The van der Waals surface area contributed by atoms with Crippen LogP contribution in [-0.2, 0) is 30.2 Å². The Kier molecular flexibility index (Phi) is 65.1. The SMILES string of the molecule is O=P[O-].O=P[O-].[Pt+2]. The molecule has 0 rings (SSSR count). The maximum Gasteiger partial charge on any atom is 2.00 e. The molecule has 0 aromatic carbocycles. The van der Waals surface area contributed by atoms with Crippen molar-refractivity contribution in [1.29, 1.82) is 0 Å². The van der Waals surface area contributed by atoms with Gasteiger partial charge in [-0.15, -0.1) is 0 Å². The molecule has 0 fully saturated rings. The second-order valence-corrected chi connectivity index (χ2v) is 0.447. The molecule has 4 nitrogen and oxygen atoms in total. The first-order valence-electron chi connectivity index (χ1n) is 0.730. The van der Waals surface area contributed by atoms with Crippen molar-refractivity contribution < 1.29 is 40.0 Å². The van der Waals surface area contributed by atoms with E-state index in [0.29, 0.717) is 0 Å². The van der Waals surface area contributed by atoms with Crippen molar-refractivity contribution in [2.45, 2.75) is 0 Å². The Morgan fingerprint density at radius 3 is 1.00 bits per heavy atom. The fourth-order valence-corrected chi connectivity index (χ4v) is 0. The van der Waals surface area contributed by atoms with Crippen molar-refractivity contribution in [1.82, 2.24) is 0 Å². The molecule has 0 saturated heterocycles. The van der Waals surface area contributed by atoms with Crippen LogP contribution in [0.1, 0.15) is 0 Å². The first-order valence-corrected chi connectivity index (χ1v) is 2.19. The van der Waals surface area contributed by atoms with Crippen molar-refractivity contribution in [2.24, 2.45) is 0 Å². The molecular formula is O4P2Pt. The molecule has 0 radical (unpaired) electrons. The van der Waals surface area contributed by atoms with E-state index in [0.717, 1.165) is 0 Å². The third kappa shape index (κ3) is 241. The average Bonchev–Trinajstić information content (AvgIpc) is 1.39. The molecule has 0 spiro atoms. The standard InChI is InChI=1S/2HO2P.Pt/c2*1-3-2;/h2*(H,1,2);/q;;+2/p-2. The van der Waals surface area contributed by atoms with Crippen molar-refractivity contribution in [3.63, 3.8) is 0 Å². The zero-order chi connectivity index (χ0) is 5.41. The van der Waals surface area contributed by atoms with Gasteiger partial charge < -0.3 is 9.79 Å². The molecule has 44 valence electrons. The predicted molar refractivity (Wildman–Crippen MR) is 15.2 cm³/mol. The van der Waals surface area contributed by atoms with Crippen LogP contribution in [0.15, 0.2) is 0 Å². The van der Waals surface area contributed by atoms with E-state index in [9.17, 15) is 0 Å². The average molecular weight is 321 g/mol. The summed E-state index contributed by atoms with van der Waals surface area (Å²) in [5.74, 6) is 0. The largest absolute Gasteiger partial charge is 2.00 e. The molecule has 0 aliphatic rings. The van der Waals surface area contributed by atoms with E-state index in [-0.39, 0.29) is 21.1 Å². The summed E-state index contributed by atoms with van der Waals surface area (Å²) in [5, 5.41) is 0. The topological polar surface area (TPSA) is 80.3 Å². The second-order valence-electron chi connectivity index (χ2n) is 0.149. The molecule has 0 atom stereocenters. The minimum Gasteiger partial charge on any atom is -0.772 e. The first-order chi connectivity index (χ1) is 2.83. The van der Waals surface area contributed by atoms with E-state index in [1.165, 1.54) is 0 Å². The molecule has 0 saturated carbocycles. The molecule has 0 N–H and O–H groups in total. The Bertz CT molecular complexity index is 30.7. The van der Waals surface area contributed by atoms with Gasteiger partial charge >= 0.3 is 21.1 Å². The predicted octanol–water partition coefficient (Wildman–Crippen LogP) is -0.896. The maximum atomic E-state index is 8.35. The van der Waals surface area contributed by atoms with Crippen LogP contribution in [0.5, 0.6) is 0 Å². The number of hydrogen-bond acceptors (Lipinski definition) is 4. The Labute approximate surface area is 57.8 Å². The maximum absolute atomic E-state index is 8.35. The Morgan fingerprint density at radius 1 is 1.00 bits per heavy atom. The van der Waals surface area contributed by atoms with Gasteiger partial charge in [-0.25, -0.2) is 0 Å². The van der Waals surface area contributed by atoms with Gasteiger partial charge in [0, 0.05) is 0 Å². The van der Waals surface area contributed by atoms with Crippen LogP contribution in [0.4, 0.5) is 0 Å². The van der Waals surface area contributed by atoms with Crippen molar-refractivity contribution in [3.8, 4) is 0 Å². The molecule has 0 aliphatic carbocycles. The quantitative estimate of drug-likeness (QED) is 0.542. The van der Waals surface area contributed by atoms with Gasteiger partial charge in [-0.05, 0) is 0 Å².